The van der Waals surface area contributed by atoms with Crippen molar-refractivity contribution in [1.29, 1.82) is 0 Å². The molecule has 0 bridgehead atoms. The largest absolute Gasteiger partial charge is 0.449 e. The van der Waals surface area contributed by atoms with E-state index in [1.54, 1.807) is 23.1 Å². The zero-order valence-electron chi connectivity index (χ0n) is 16.1. The normalized spacial score (nSPS) is 15.0. The molecule has 4 rings (SSSR count). The number of carbonyl (C=O) groups excluding carboxylic acids is 2. The Morgan fingerprint density at radius 3 is 2.36 bits per heavy atom. The van der Waals surface area contributed by atoms with Crippen LogP contribution in [0, 0.1) is 6.92 Å². The monoisotopic (exact) mass is 377 g/mol. The lowest BCUT2D eigenvalue weighted by molar-refractivity contribution is 0.0636. The van der Waals surface area contributed by atoms with Gasteiger partial charge in [0.15, 0.2) is 0 Å². The predicted octanol–water partition coefficient (Wildman–Crippen LogP) is 3.38. The van der Waals surface area contributed by atoms with Crippen LogP contribution in [0.1, 0.15) is 26.5 Å². The molecule has 6 heteroatoms. The van der Waals surface area contributed by atoms with E-state index >= 15 is 0 Å². The second-order valence-electron chi connectivity index (χ2n) is 7.22. The number of benzene rings is 2. The number of carbonyl (C=O) groups is 2. The van der Waals surface area contributed by atoms with E-state index < -0.39 is 0 Å². The number of amides is 2. The number of rotatable bonds is 3. The van der Waals surface area contributed by atoms with E-state index in [9.17, 15) is 9.59 Å². The van der Waals surface area contributed by atoms with Gasteiger partial charge in [0, 0.05) is 37.1 Å². The molecule has 0 saturated carbocycles. The molecule has 1 aliphatic rings. The lowest BCUT2D eigenvalue weighted by Gasteiger charge is -2.32. The van der Waals surface area contributed by atoms with E-state index in [0.29, 0.717) is 29.9 Å². The van der Waals surface area contributed by atoms with Crippen LogP contribution in [-0.4, -0.2) is 54.8 Å². The van der Waals surface area contributed by atoms with Gasteiger partial charge < -0.3 is 19.5 Å². The summed E-state index contributed by atoms with van der Waals surface area (Å²) in [7, 11) is 2.04. The fourth-order valence-corrected chi connectivity index (χ4v) is 3.36. The van der Waals surface area contributed by atoms with Crippen molar-refractivity contribution in [2.24, 2.45) is 0 Å². The van der Waals surface area contributed by atoms with Crippen LogP contribution in [0.5, 0.6) is 0 Å². The molecule has 2 heterocycles. The van der Waals surface area contributed by atoms with Gasteiger partial charge >= 0.3 is 0 Å². The van der Waals surface area contributed by atoms with Gasteiger partial charge in [-0.05, 0) is 38.2 Å². The zero-order valence-corrected chi connectivity index (χ0v) is 16.1. The SMILES string of the molecule is Cc1ccc(C(=O)Nc2c(C(=O)N3CCN(C)CC3)oc3ccccc23)cc1. The molecule has 0 atom stereocenters. The topological polar surface area (TPSA) is 65.8 Å². The molecule has 6 nitrogen and oxygen atoms in total. The van der Waals surface area contributed by atoms with Crippen molar-refractivity contribution in [3.63, 3.8) is 0 Å². The quantitative estimate of drug-likeness (QED) is 0.760. The van der Waals surface area contributed by atoms with Gasteiger partial charge in [-0.3, -0.25) is 9.59 Å². The summed E-state index contributed by atoms with van der Waals surface area (Å²) in [4.78, 5) is 29.9. The number of nitrogens with one attached hydrogen (secondary N) is 1. The molecular formula is C22H23N3O3. The second kappa shape index (κ2) is 7.48. The Kier molecular flexibility index (Phi) is 4.88. The average molecular weight is 377 g/mol. The lowest BCUT2D eigenvalue weighted by atomic mass is 10.1. The number of furan rings is 1. The first kappa shape index (κ1) is 18.3. The van der Waals surface area contributed by atoms with Gasteiger partial charge in [0.05, 0.1) is 0 Å². The Labute approximate surface area is 163 Å². The van der Waals surface area contributed by atoms with E-state index in [2.05, 4.69) is 10.2 Å². The first-order valence-electron chi connectivity index (χ1n) is 9.40. The predicted molar refractivity (Wildman–Crippen MR) is 109 cm³/mol. The Balaban J connectivity index is 1.68. The maximum Gasteiger partial charge on any atom is 0.291 e. The van der Waals surface area contributed by atoms with Crippen LogP contribution in [0.3, 0.4) is 0 Å². The molecule has 0 unspecified atom stereocenters. The highest BCUT2D eigenvalue weighted by atomic mass is 16.3. The van der Waals surface area contributed by atoms with E-state index in [4.69, 9.17) is 4.42 Å². The van der Waals surface area contributed by atoms with Crippen LogP contribution in [0.2, 0.25) is 0 Å². The van der Waals surface area contributed by atoms with Crippen molar-refractivity contribution in [3.05, 3.63) is 65.4 Å². The number of piperazine rings is 1. The highest BCUT2D eigenvalue weighted by molar-refractivity contribution is 6.14. The van der Waals surface area contributed by atoms with Crippen molar-refractivity contribution in [2.45, 2.75) is 6.92 Å². The van der Waals surface area contributed by atoms with E-state index in [0.717, 1.165) is 24.0 Å². The molecule has 0 aliphatic carbocycles. The number of hydrogen-bond acceptors (Lipinski definition) is 4. The Hall–Kier alpha value is -3.12. The van der Waals surface area contributed by atoms with Crippen molar-refractivity contribution in [1.82, 2.24) is 9.80 Å². The van der Waals surface area contributed by atoms with Crippen LogP contribution in [-0.2, 0) is 0 Å². The minimum Gasteiger partial charge on any atom is -0.449 e. The average Bonchev–Trinajstić information content (AvgIpc) is 3.07. The highest BCUT2D eigenvalue weighted by Gasteiger charge is 2.28. The zero-order chi connectivity index (χ0) is 19.7. The molecule has 2 aromatic carbocycles. The fraction of sp³-hybridized carbons (Fsp3) is 0.273. The van der Waals surface area contributed by atoms with Gasteiger partial charge in [-0.1, -0.05) is 29.8 Å². The van der Waals surface area contributed by atoms with Gasteiger partial charge in [0.25, 0.3) is 11.8 Å². The highest BCUT2D eigenvalue weighted by Crippen LogP contribution is 2.32. The minimum atomic E-state index is -0.265. The van der Waals surface area contributed by atoms with Crippen LogP contribution in [0.4, 0.5) is 5.69 Å². The van der Waals surface area contributed by atoms with Crippen LogP contribution >= 0.6 is 0 Å². The third-order valence-corrected chi connectivity index (χ3v) is 5.13. The van der Waals surface area contributed by atoms with Crippen LogP contribution < -0.4 is 5.32 Å². The molecule has 1 saturated heterocycles. The number of anilines is 1. The number of aryl methyl sites for hydroxylation is 1. The van der Waals surface area contributed by atoms with E-state index in [-0.39, 0.29) is 17.6 Å². The molecule has 0 radical (unpaired) electrons. The number of likely N-dealkylation sites (N-methyl/N-ethyl adjacent to an activating group) is 1. The summed E-state index contributed by atoms with van der Waals surface area (Å²) in [6.07, 6.45) is 0. The maximum absolute atomic E-state index is 13.1. The molecule has 1 fully saturated rings. The molecule has 28 heavy (non-hydrogen) atoms. The second-order valence-corrected chi connectivity index (χ2v) is 7.22. The molecule has 1 aromatic heterocycles. The van der Waals surface area contributed by atoms with E-state index in [1.165, 1.54) is 0 Å². The minimum absolute atomic E-state index is 0.186. The summed E-state index contributed by atoms with van der Waals surface area (Å²) in [5.74, 6) is -0.270. The smallest absolute Gasteiger partial charge is 0.291 e. The van der Waals surface area contributed by atoms with Gasteiger partial charge in [0.2, 0.25) is 5.76 Å². The first-order chi connectivity index (χ1) is 13.5. The summed E-state index contributed by atoms with van der Waals surface area (Å²) in [5.41, 5.74) is 2.63. The van der Waals surface area contributed by atoms with Crippen LogP contribution in [0.25, 0.3) is 11.0 Å². The third kappa shape index (κ3) is 3.51. The molecular weight excluding hydrogens is 354 g/mol. The standard InChI is InChI=1S/C22H23N3O3/c1-15-7-9-16(10-8-15)21(26)23-19-17-5-3-4-6-18(17)28-20(19)22(27)25-13-11-24(2)12-14-25/h3-10H,11-14H2,1-2H3,(H,23,26). The molecule has 144 valence electrons. The molecule has 0 spiro atoms. The Bertz CT molecular complexity index is 1020. The van der Waals surface area contributed by atoms with Crippen molar-refractivity contribution < 1.29 is 14.0 Å². The Morgan fingerprint density at radius 1 is 0.964 bits per heavy atom. The van der Waals surface area contributed by atoms with Crippen molar-refractivity contribution >= 4 is 28.5 Å². The van der Waals surface area contributed by atoms with Crippen LogP contribution in [0.15, 0.2) is 52.9 Å². The van der Waals surface area contributed by atoms with Crippen molar-refractivity contribution in [3.8, 4) is 0 Å². The number of para-hydroxylation sites is 1. The lowest BCUT2D eigenvalue weighted by Crippen LogP contribution is -2.47. The summed E-state index contributed by atoms with van der Waals surface area (Å²) in [6.45, 7) is 4.88. The number of fused-ring (bicyclic) bond motifs is 1. The fourth-order valence-electron chi connectivity index (χ4n) is 3.36. The van der Waals surface area contributed by atoms with Gasteiger partial charge in [0.1, 0.15) is 11.3 Å². The molecule has 2 amide bonds. The van der Waals surface area contributed by atoms with Gasteiger partial charge in [-0.2, -0.15) is 0 Å². The first-order valence-corrected chi connectivity index (χ1v) is 9.40. The maximum atomic E-state index is 13.1. The summed E-state index contributed by atoms with van der Waals surface area (Å²) in [5, 5.41) is 3.63. The van der Waals surface area contributed by atoms with Gasteiger partial charge in [-0.25, -0.2) is 0 Å². The van der Waals surface area contributed by atoms with Crippen molar-refractivity contribution in [2.75, 3.05) is 38.5 Å². The van der Waals surface area contributed by atoms with Gasteiger partial charge in [-0.15, -0.1) is 0 Å². The molecule has 1 N–H and O–H groups in total. The molecule has 3 aromatic rings. The summed E-state index contributed by atoms with van der Waals surface area (Å²) in [6, 6.07) is 14.7. The summed E-state index contributed by atoms with van der Waals surface area (Å²) >= 11 is 0. The number of hydrogen-bond donors (Lipinski definition) is 1. The summed E-state index contributed by atoms with van der Waals surface area (Å²) < 4.78 is 5.88. The van der Waals surface area contributed by atoms with E-state index in [1.807, 2.05) is 44.3 Å². The Morgan fingerprint density at radius 2 is 1.64 bits per heavy atom. The number of nitrogens with zero attached hydrogens (tertiary/aromatic N) is 2. The third-order valence-electron chi connectivity index (χ3n) is 5.13. The molecule has 1 aliphatic heterocycles.